The van der Waals surface area contributed by atoms with Gasteiger partial charge in [-0.15, -0.1) is 0 Å². The second-order valence-electron chi connectivity index (χ2n) is 6.41. The maximum absolute atomic E-state index is 10.6. The summed E-state index contributed by atoms with van der Waals surface area (Å²) in [6.07, 6.45) is 1.86. The SMILES string of the molecule is O[C@H]1C=Cc2c(c3ccccc3c3cc4ccccc4cc23)[C@@H]1O. The Morgan fingerprint density at radius 1 is 0.667 bits per heavy atom. The van der Waals surface area contributed by atoms with Crippen LogP contribution in [0.25, 0.3) is 38.4 Å². The Morgan fingerprint density at radius 2 is 1.29 bits per heavy atom. The number of aliphatic hydroxyl groups is 2. The van der Waals surface area contributed by atoms with Gasteiger partial charge in [-0.05, 0) is 55.6 Å². The molecule has 116 valence electrons. The van der Waals surface area contributed by atoms with Crippen LogP contribution in [-0.4, -0.2) is 16.3 Å². The Morgan fingerprint density at radius 3 is 2.04 bits per heavy atom. The lowest BCUT2D eigenvalue weighted by molar-refractivity contribution is 0.0481. The summed E-state index contributed by atoms with van der Waals surface area (Å²) >= 11 is 0. The predicted molar refractivity (Wildman–Crippen MR) is 99.0 cm³/mol. The Bertz CT molecular complexity index is 1140. The Labute approximate surface area is 139 Å². The summed E-state index contributed by atoms with van der Waals surface area (Å²) in [5, 5.41) is 27.5. The monoisotopic (exact) mass is 312 g/mol. The molecular weight excluding hydrogens is 296 g/mol. The van der Waals surface area contributed by atoms with Gasteiger partial charge in [0, 0.05) is 0 Å². The van der Waals surface area contributed by atoms with Gasteiger partial charge >= 0.3 is 0 Å². The molecule has 5 rings (SSSR count). The summed E-state index contributed by atoms with van der Waals surface area (Å²) in [5.41, 5.74) is 1.83. The van der Waals surface area contributed by atoms with E-state index in [2.05, 4.69) is 36.4 Å². The topological polar surface area (TPSA) is 40.5 Å². The van der Waals surface area contributed by atoms with Crippen LogP contribution in [0.5, 0.6) is 0 Å². The fourth-order valence-corrected chi connectivity index (χ4v) is 3.90. The molecule has 0 aliphatic heterocycles. The zero-order valence-electron chi connectivity index (χ0n) is 13.0. The smallest absolute Gasteiger partial charge is 0.110 e. The van der Waals surface area contributed by atoms with Crippen LogP contribution >= 0.6 is 0 Å². The van der Waals surface area contributed by atoms with Crippen molar-refractivity contribution < 1.29 is 10.2 Å². The van der Waals surface area contributed by atoms with E-state index in [0.29, 0.717) is 0 Å². The first kappa shape index (κ1) is 13.7. The van der Waals surface area contributed by atoms with Crippen LogP contribution in [0, 0.1) is 0 Å². The first-order valence-corrected chi connectivity index (χ1v) is 8.15. The molecule has 0 unspecified atom stereocenters. The van der Waals surface area contributed by atoms with Crippen LogP contribution in [0.1, 0.15) is 17.2 Å². The van der Waals surface area contributed by atoms with Gasteiger partial charge in [0.2, 0.25) is 0 Å². The summed E-state index contributed by atoms with van der Waals surface area (Å²) in [4.78, 5) is 0. The number of fused-ring (bicyclic) bond motifs is 7. The Kier molecular flexibility index (Phi) is 2.81. The van der Waals surface area contributed by atoms with Crippen molar-refractivity contribution in [2.75, 3.05) is 0 Å². The number of hydrogen-bond donors (Lipinski definition) is 2. The first-order chi connectivity index (χ1) is 11.7. The molecule has 24 heavy (non-hydrogen) atoms. The largest absolute Gasteiger partial charge is 0.386 e. The molecular formula is C22H16O2. The van der Waals surface area contributed by atoms with Crippen molar-refractivity contribution in [2.24, 2.45) is 0 Å². The van der Waals surface area contributed by atoms with Crippen LogP contribution in [0.2, 0.25) is 0 Å². The van der Waals surface area contributed by atoms with Gasteiger partial charge in [0.25, 0.3) is 0 Å². The molecule has 2 N–H and O–H groups in total. The number of aliphatic hydroxyl groups excluding tert-OH is 2. The fraction of sp³-hybridized carbons (Fsp3) is 0.0909. The molecule has 2 nitrogen and oxygen atoms in total. The van der Waals surface area contributed by atoms with Crippen molar-refractivity contribution in [1.29, 1.82) is 0 Å². The summed E-state index contributed by atoms with van der Waals surface area (Å²) in [6.45, 7) is 0. The minimum Gasteiger partial charge on any atom is -0.386 e. The van der Waals surface area contributed by atoms with Gasteiger partial charge in [0.05, 0.1) is 0 Å². The molecule has 0 heterocycles. The van der Waals surface area contributed by atoms with Gasteiger partial charge in [-0.3, -0.25) is 0 Å². The third-order valence-corrected chi connectivity index (χ3v) is 5.05. The van der Waals surface area contributed by atoms with Gasteiger partial charge < -0.3 is 10.2 Å². The maximum Gasteiger partial charge on any atom is 0.110 e. The summed E-state index contributed by atoms with van der Waals surface area (Å²) in [7, 11) is 0. The fourth-order valence-electron chi connectivity index (χ4n) is 3.90. The molecule has 0 radical (unpaired) electrons. The average Bonchev–Trinajstić information content (AvgIpc) is 2.63. The van der Waals surface area contributed by atoms with E-state index in [1.54, 1.807) is 6.08 Å². The molecule has 0 amide bonds. The van der Waals surface area contributed by atoms with Crippen molar-refractivity contribution in [2.45, 2.75) is 12.2 Å². The summed E-state index contributed by atoms with van der Waals surface area (Å²) < 4.78 is 0. The van der Waals surface area contributed by atoms with E-state index in [9.17, 15) is 10.2 Å². The van der Waals surface area contributed by atoms with Gasteiger partial charge in [-0.2, -0.15) is 0 Å². The molecule has 4 aromatic carbocycles. The number of benzene rings is 4. The van der Waals surface area contributed by atoms with Crippen molar-refractivity contribution in [3.05, 3.63) is 77.9 Å². The quantitative estimate of drug-likeness (QED) is 0.369. The standard InChI is InChI=1S/C22H16O2/c23-20-10-9-17-19-12-14-6-2-1-5-13(14)11-18(19)15-7-3-4-8-16(15)21(17)22(20)24/h1-12,20,22-24H/t20-,22+/m0/s1. The van der Waals surface area contributed by atoms with Crippen LogP contribution in [0.15, 0.2) is 66.7 Å². The van der Waals surface area contributed by atoms with E-state index < -0.39 is 12.2 Å². The van der Waals surface area contributed by atoms with Crippen molar-refractivity contribution in [3.63, 3.8) is 0 Å². The number of hydrogen-bond acceptors (Lipinski definition) is 2. The highest BCUT2D eigenvalue weighted by atomic mass is 16.3. The lowest BCUT2D eigenvalue weighted by atomic mass is 9.83. The van der Waals surface area contributed by atoms with E-state index in [-0.39, 0.29) is 0 Å². The Balaban J connectivity index is 2.06. The second kappa shape index (κ2) is 4.91. The summed E-state index contributed by atoms with van der Waals surface area (Å²) in [6, 6.07) is 20.8. The van der Waals surface area contributed by atoms with Crippen LogP contribution in [0.4, 0.5) is 0 Å². The van der Waals surface area contributed by atoms with Crippen molar-refractivity contribution in [3.8, 4) is 0 Å². The minimum absolute atomic E-state index is 0.823. The minimum atomic E-state index is -0.897. The molecule has 0 fully saturated rings. The van der Waals surface area contributed by atoms with Crippen molar-refractivity contribution >= 4 is 38.4 Å². The molecule has 1 aliphatic carbocycles. The number of rotatable bonds is 0. The molecule has 0 aromatic heterocycles. The van der Waals surface area contributed by atoms with E-state index in [0.717, 1.165) is 27.3 Å². The molecule has 0 spiro atoms. The van der Waals surface area contributed by atoms with Crippen molar-refractivity contribution in [1.82, 2.24) is 0 Å². The molecule has 2 heteroatoms. The van der Waals surface area contributed by atoms with Crippen LogP contribution < -0.4 is 0 Å². The van der Waals surface area contributed by atoms with Gasteiger partial charge in [0.15, 0.2) is 0 Å². The molecule has 0 saturated carbocycles. The normalized spacial score (nSPS) is 19.9. The molecule has 0 saturated heterocycles. The van der Waals surface area contributed by atoms with Crippen LogP contribution in [0.3, 0.4) is 0 Å². The van der Waals surface area contributed by atoms with E-state index in [4.69, 9.17) is 0 Å². The Hall–Kier alpha value is -2.68. The maximum atomic E-state index is 10.6. The highest BCUT2D eigenvalue weighted by molar-refractivity contribution is 6.16. The molecule has 2 atom stereocenters. The zero-order valence-corrected chi connectivity index (χ0v) is 13.0. The van der Waals surface area contributed by atoms with E-state index in [1.807, 2.05) is 30.3 Å². The predicted octanol–water partition coefficient (Wildman–Crippen LogP) is 4.57. The van der Waals surface area contributed by atoms with Gasteiger partial charge in [-0.1, -0.05) is 60.7 Å². The molecule has 1 aliphatic rings. The van der Waals surface area contributed by atoms with E-state index in [1.165, 1.54) is 16.2 Å². The highest BCUT2D eigenvalue weighted by Gasteiger charge is 2.26. The average molecular weight is 312 g/mol. The third-order valence-electron chi connectivity index (χ3n) is 5.05. The lowest BCUT2D eigenvalue weighted by Gasteiger charge is -2.25. The molecule has 0 bridgehead atoms. The van der Waals surface area contributed by atoms with E-state index >= 15 is 0 Å². The molecule has 4 aromatic rings. The zero-order chi connectivity index (χ0) is 16.3. The van der Waals surface area contributed by atoms with Crippen LogP contribution in [-0.2, 0) is 0 Å². The first-order valence-electron chi connectivity index (χ1n) is 8.15. The highest BCUT2D eigenvalue weighted by Crippen LogP contribution is 2.41. The third kappa shape index (κ3) is 1.78. The summed E-state index contributed by atoms with van der Waals surface area (Å²) in [5.74, 6) is 0. The second-order valence-corrected chi connectivity index (χ2v) is 6.41. The van der Waals surface area contributed by atoms with Gasteiger partial charge in [-0.25, -0.2) is 0 Å². The lowest BCUT2D eigenvalue weighted by Crippen LogP contribution is -2.20. The van der Waals surface area contributed by atoms with Gasteiger partial charge in [0.1, 0.15) is 12.2 Å².